The Balaban J connectivity index is 1.63. The molecule has 0 amide bonds. The number of rotatable bonds is 5. The zero-order chi connectivity index (χ0) is 17.8. The summed E-state index contributed by atoms with van der Waals surface area (Å²) in [5, 5.41) is 0.784. The highest BCUT2D eigenvalue weighted by Crippen LogP contribution is 2.27. The molecule has 2 heterocycles. The summed E-state index contributed by atoms with van der Waals surface area (Å²) in [5.74, 6) is 2.12. The Morgan fingerprint density at radius 2 is 1.88 bits per heavy atom. The molecule has 1 fully saturated rings. The molecule has 2 aromatic rings. The molecule has 4 nitrogen and oxygen atoms in total. The molecular formula is C19H22FN3OS. The number of halogens is 1. The highest BCUT2D eigenvalue weighted by atomic mass is 32.2. The van der Waals surface area contributed by atoms with Crippen LogP contribution in [0.25, 0.3) is 0 Å². The van der Waals surface area contributed by atoms with Crippen molar-refractivity contribution in [1.82, 2.24) is 9.97 Å². The molecule has 0 aliphatic carbocycles. The van der Waals surface area contributed by atoms with Crippen molar-refractivity contribution >= 4 is 23.4 Å². The second kappa shape index (κ2) is 7.95. The predicted molar refractivity (Wildman–Crippen MR) is 98.6 cm³/mol. The molecule has 1 aromatic carbocycles. The maximum absolute atomic E-state index is 12.9. The van der Waals surface area contributed by atoms with E-state index < -0.39 is 0 Å². The molecule has 6 heteroatoms. The van der Waals surface area contributed by atoms with Gasteiger partial charge < -0.3 is 4.90 Å². The molecule has 25 heavy (non-hydrogen) atoms. The molecule has 0 saturated carbocycles. The van der Waals surface area contributed by atoms with Gasteiger partial charge in [0.2, 0.25) is 0 Å². The van der Waals surface area contributed by atoms with Crippen LogP contribution in [-0.4, -0.2) is 34.6 Å². The summed E-state index contributed by atoms with van der Waals surface area (Å²) < 4.78 is 12.9. The number of benzene rings is 1. The number of carbonyl (C=O) groups excluding carboxylic acids is 1. The lowest BCUT2D eigenvalue weighted by Crippen LogP contribution is -2.39. The maximum atomic E-state index is 12.9. The summed E-state index contributed by atoms with van der Waals surface area (Å²) in [4.78, 5) is 23.2. The summed E-state index contributed by atoms with van der Waals surface area (Å²) >= 11 is 1.39. The van der Waals surface area contributed by atoms with Crippen LogP contribution in [-0.2, 0) is 0 Å². The summed E-state index contributed by atoms with van der Waals surface area (Å²) in [6, 6.07) is 7.59. The monoisotopic (exact) mass is 359 g/mol. The van der Waals surface area contributed by atoms with E-state index in [1.165, 1.54) is 42.4 Å². The van der Waals surface area contributed by atoms with Crippen LogP contribution in [0.4, 0.5) is 10.2 Å². The summed E-state index contributed by atoms with van der Waals surface area (Å²) in [7, 11) is 0. The molecule has 0 spiro atoms. The van der Waals surface area contributed by atoms with Gasteiger partial charge >= 0.3 is 0 Å². The topological polar surface area (TPSA) is 46.1 Å². The number of thioether (sulfide) groups is 1. The molecule has 1 saturated heterocycles. The van der Waals surface area contributed by atoms with Gasteiger partial charge in [-0.3, -0.25) is 4.79 Å². The first-order valence-electron chi connectivity index (χ1n) is 8.50. The van der Waals surface area contributed by atoms with Crippen LogP contribution in [0.1, 0.15) is 30.6 Å². The zero-order valence-electron chi connectivity index (χ0n) is 14.5. The number of hydrogen-bond donors (Lipinski definition) is 0. The van der Waals surface area contributed by atoms with Gasteiger partial charge in [0.1, 0.15) is 23.0 Å². The number of piperidine rings is 1. The average Bonchev–Trinajstić information content (AvgIpc) is 2.60. The van der Waals surface area contributed by atoms with Crippen molar-refractivity contribution in [2.24, 2.45) is 11.8 Å². The van der Waals surface area contributed by atoms with Gasteiger partial charge in [-0.05, 0) is 42.5 Å². The summed E-state index contributed by atoms with van der Waals surface area (Å²) in [6.45, 7) is 6.53. The lowest BCUT2D eigenvalue weighted by molar-refractivity contribution is 0.102. The van der Waals surface area contributed by atoms with E-state index in [-0.39, 0.29) is 17.4 Å². The summed E-state index contributed by atoms with van der Waals surface area (Å²) in [6.07, 6.45) is 2.80. The number of aromatic nitrogens is 2. The minimum Gasteiger partial charge on any atom is -0.356 e. The van der Waals surface area contributed by atoms with Crippen LogP contribution in [0, 0.1) is 17.7 Å². The minimum absolute atomic E-state index is 0.0367. The van der Waals surface area contributed by atoms with Crippen molar-refractivity contribution in [3.05, 3.63) is 48.0 Å². The Kier molecular flexibility index (Phi) is 5.68. The summed E-state index contributed by atoms with van der Waals surface area (Å²) in [5.41, 5.74) is 0.516. The molecule has 1 aliphatic rings. The van der Waals surface area contributed by atoms with E-state index in [1.807, 2.05) is 6.07 Å². The van der Waals surface area contributed by atoms with Crippen molar-refractivity contribution in [3.63, 3.8) is 0 Å². The van der Waals surface area contributed by atoms with Crippen molar-refractivity contribution in [3.8, 4) is 0 Å². The van der Waals surface area contributed by atoms with Crippen molar-refractivity contribution in [2.45, 2.75) is 25.3 Å². The average molecular weight is 359 g/mol. The highest BCUT2D eigenvalue weighted by Gasteiger charge is 2.23. The van der Waals surface area contributed by atoms with Gasteiger partial charge in [-0.2, -0.15) is 0 Å². The molecule has 3 rings (SSSR count). The lowest BCUT2D eigenvalue weighted by Gasteiger charge is -2.35. The molecule has 1 aliphatic heterocycles. The first-order valence-corrected chi connectivity index (χ1v) is 9.48. The van der Waals surface area contributed by atoms with E-state index in [0.29, 0.717) is 17.4 Å². The molecule has 0 radical (unpaired) electrons. The fourth-order valence-electron chi connectivity index (χ4n) is 3.29. The van der Waals surface area contributed by atoms with Gasteiger partial charge in [0.15, 0.2) is 5.78 Å². The molecule has 0 bridgehead atoms. The number of carbonyl (C=O) groups is 1. The second-order valence-corrected chi connectivity index (χ2v) is 7.78. The van der Waals surface area contributed by atoms with E-state index in [0.717, 1.165) is 23.9 Å². The van der Waals surface area contributed by atoms with Crippen molar-refractivity contribution in [1.29, 1.82) is 0 Å². The number of ketones is 1. The van der Waals surface area contributed by atoms with E-state index in [9.17, 15) is 9.18 Å². The van der Waals surface area contributed by atoms with Crippen LogP contribution in [0.5, 0.6) is 0 Å². The van der Waals surface area contributed by atoms with Crippen LogP contribution < -0.4 is 4.90 Å². The van der Waals surface area contributed by atoms with Gasteiger partial charge in [0.05, 0.1) is 5.75 Å². The quantitative estimate of drug-likeness (QED) is 0.457. The Hall–Kier alpha value is -1.95. The minimum atomic E-state index is -0.338. The highest BCUT2D eigenvalue weighted by molar-refractivity contribution is 7.99. The van der Waals surface area contributed by atoms with Gasteiger partial charge in [0, 0.05) is 24.7 Å². The Bertz CT molecular complexity index is 728. The molecule has 2 atom stereocenters. The number of Topliss-reactive ketones (excluding diaryl/α,β-unsaturated/α-hetero) is 1. The normalized spacial score (nSPS) is 20.5. The van der Waals surface area contributed by atoms with Crippen molar-refractivity contribution in [2.75, 3.05) is 23.7 Å². The molecule has 1 aromatic heterocycles. The third-order valence-corrected chi connectivity index (χ3v) is 5.26. The third kappa shape index (κ3) is 4.78. The largest absolute Gasteiger partial charge is 0.356 e. The van der Waals surface area contributed by atoms with Crippen LogP contribution >= 0.6 is 11.8 Å². The van der Waals surface area contributed by atoms with E-state index in [1.54, 1.807) is 6.33 Å². The molecule has 0 N–H and O–H groups in total. The molecular weight excluding hydrogens is 337 g/mol. The van der Waals surface area contributed by atoms with Gasteiger partial charge in [-0.15, -0.1) is 0 Å². The number of hydrogen-bond acceptors (Lipinski definition) is 5. The van der Waals surface area contributed by atoms with Crippen LogP contribution in [0.3, 0.4) is 0 Å². The van der Waals surface area contributed by atoms with Crippen molar-refractivity contribution < 1.29 is 9.18 Å². The molecule has 2 unspecified atom stereocenters. The Morgan fingerprint density at radius 1 is 1.20 bits per heavy atom. The third-order valence-electron chi connectivity index (χ3n) is 4.34. The Morgan fingerprint density at radius 3 is 2.56 bits per heavy atom. The van der Waals surface area contributed by atoms with E-state index in [4.69, 9.17) is 0 Å². The number of nitrogens with zero attached hydrogens (tertiary/aromatic N) is 3. The fraction of sp³-hybridized carbons (Fsp3) is 0.421. The van der Waals surface area contributed by atoms with E-state index in [2.05, 4.69) is 28.7 Å². The lowest BCUT2D eigenvalue weighted by atomic mass is 9.92. The second-order valence-electron chi connectivity index (χ2n) is 6.78. The predicted octanol–water partition coefficient (Wildman–Crippen LogP) is 4.07. The number of anilines is 1. The maximum Gasteiger partial charge on any atom is 0.173 e. The SMILES string of the molecule is CC1CC(C)CN(c2cc(SCC(=O)c3ccc(F)cc3)ncn2)C1. The smallest absolute Gasteiger partial charge is 0.173 e. The van der Waals surface area contributed by atoms with Crippen LogP contribution in [0.2, 0.25) is 0 Å². The zero-order valence-corrected chi connectivity index (χ0v) is 15.3. The van der Waals surface area contributed by atoms with Gasteiger partial charge in [-0.25, -0.2) is 14.4 Å². The molecule has 132 valence electrons. The van der Waals surface area contributed by atoms with Gasteiger partial charge in [0.25, 0.3) is 0 Å². The van der Waals surface area contributed by atoms with Gasteiger partial charge in [-0.1, -0.05) is 25.6 Å². The van der Waals surface area contributed by atoms with E-state index >= 15 is 0 Å². The van der Waals surface area contributed by atoms with Crippen LogP contribution in [0.15, 0.2) is 41.7 Å². The Labute approximate surface area is 151 Å². The first-order chi connectivity index (χ1) is 12.0. The first kappa shape index (κ1) is 17.9. The standard InChI is InChI=1S/C19H22FN3OS/c1-13-7-14(2)10-23(9-13)18-8-19(22-12-21-18)25-11-17(24)15-3-5-16(20)6-4-15/h3-6,8,12-14H,7,9-11H2,1-2H3. The fourth-order valence-corrected chi connectivity index (χ4v) is 4.05.